The first-order valence-electron chi connectivity index (χ1n) is 8.52. The number of thiazole rings is 1. The minimum atomic E-state index is -0.317. The smallest absolute Gasteiger partial charge is 0.302 e. The van der Waals surface area contributed by atoms with Crippen molar-refractivity contribution in [3.63, 3.8) is 0 Å². The summed E-state index contributed by atoms with van der Waals surface area (Å²) in [6.45, 7) is 1.67. The molecule has 0 amide bonds. The quantitative estimate of drug-likeness (QED) is 0.508. The van der Waals surface area contributed by atoms with Crippen LogP contribution in [0.4, 0.5) is 5.13 Å². The molecule has 0 saturated carbocycles. The highest BCUT2D eigenvalue weighted by Gasteiger charge is 2.20. The molecule has 0 aliphatic rings. The maximum Gasteiger partial charge on any atom is 0.302 e. The molecule has 0 saturated heterocycles. The van der Waals surface area contributed by atoms with Crippen LogP contribution in [0.3, 0.4) is 0 Å². The second-order valence-corrected chi connectivity index (χ2v) is 7.07. The number of ketones is 1. The van der Waals surface area contributed by atoms with Crippen molar-refractivity contribution in [3.05, 3.63) is 70.1 Å². The highest BCUT2D eigenvalue weighted by molar-refractivity contribution is 7.18. The predicted molar refractivity (Wildman–Crippen MR) is 107 cm³/mol. The van der Waals surface area contributed by atoms with Crippen molar-refractivity contribution in [1.29, 1.82) is 5.26 Å². The number of anilines is 1. The molecule has 1 heterocycles. The lowest BCUT2D eigenvalue weighted by atomic mass is 10.0. The van der Waals surface area contributed by atoms with Crippen LogP contribution < -0.4 is 5.73 Å². The summed E-state index contributed by atoms with van der Waals surface area (Å²) in [7, 11) is 0. The molecular formula is C21H17N3O3S. The van der Waals surface area contributed by atoms with E-state index in [9.17, 15) is 9.59 Å². The van der Waals surface area contributed by atoms with Crippen LogP contribution >= 0.6 is 11.3 Å². The van der Waals surface area contributed by atoms with Gasteiger partial charge in [0.25, 0.3) is 0 Å². The van der Waals surface area contributed by atoms with Crippen molar-refractivity contribution in [1.82, 2.24) is 4.98 Å². The number of aromatic nitrogens is 1. The third-order valence-electron chi connectivity index (χ3n) is 4.03. The van der Waals surface area contributed by atoms with Crippen molar-refractivity contribution in [2.75, 3.05) is 12.3 Å². The molecule has 6 nitrogen and oxygen atoms in total. The molecule has 7 heteroatoms. The van der Waals surface area contributed by atoms with Gasteiger partial charge < -0.3 is 10.5 Å². The number of ether oxygens (including phenoxy) is 1. The summed E-state index contributed by atoms with van der Waals surface area (Å²) in [6.07, 6.45) is 0.577. The van der Waals surface area contributed by atoms with Gasteiger partial charge in [-0.2, -0.15) is 5.26 Å². The SMILES string of the molecule is CC(=O)OCCc1ccc(C(=O)c2sc(N)nc2-c2cccc(C#N)c2)cc1. The number of hydrogen-bond donors (Lipinski definition) is 1. The van der Waals surface area contributed by atoms with E-state index >= 15 is 0 Å². The Labute approximate surface area is 166 Å². The van der Waals surface area contributed by atoms with E-state index in [0.717, 1.165) is 16.9 Å². The Morgan fingerprint density at radius 2 is 1.96 bits per heavy atom. The van der Waals surface area contributed by atoms with Crippen LogP contribution in [0.15, 0.2) is 48.5 Å². The van der Waals surface area contributed by atoms with Gasteiger partial charge in [0, 0.05) is 24.5 Å². The Morgan fingerprint density at radius 3 is 2.64 bits per heavy atom. The highest BCUT2D eigenvalue weighted by Crippen LogP contribution is 2.32. The number of benzene rings is 2. The molecule has 0 aliphatic carbocycles. The lowest BCUT2D eigenvalue weighted by Crippen LogP contribution is -2.04. The van der Waals surface area contributed by atoms with E-state index in [1.54, 1.807) is 36.4 Å². The van der Waals surface area contributed by atoms with E-state index in [1.165, 1.54) is 6.92 Å². The maximum atomic E-state index is 13.0. The van der Waals surface area contributed by atoms with Crippen LogP contribution in [0, 0.1) is 11.3 Å². The number of nitrogens with two attached hydrogens (primary N) is 1. The number of rotatable bonds is 6. The predicted octanol–water partition coefficient (Wildman–Crippen LogP) is 3.60. The molecular weight excluding hydrogens is 374 g/mol. The zero-order valence-electron chi connectivity index (χ0n) is 15.1. The second kappa shape index (κ2) is 8.46. The van der Waals surface area contributed by atoms with Crippen LogP contribution in [0.25, 0.3) is 11.3 Å². The average molecular weight is 391 g/mol. The Morgan fingerprint density at radius 1 is 1.21 bits per heavy atom. The molecule has 1 aromatic heterocycles. The maximum absolute atomic E-state index is 13.0. The normalized spacial score (nSPS) is 10.3. The van der Waals surface area contributed by atoms with Gasteiger partial charge in [-0.1, -0.05) is 47.7 Å². The zero-order chi connectivity index (χ0) is 20.1. The number of nitrogen functional groups attached to an aromatic ring is 1. The number of carbonyl (C=O) groups is 2. The number of esters is 1. The molecule has 3 aromatic rings. The van der Waals surface area contributed by atoms with E-state index in [1.807, 2.05) is 12.1 Å². The summed E-state index contributed by atoms with van der Waals surface area (Å²) in [5.74, 6) is -0.499. The van der Waals surface area contributed by atoms with Gasteiger partial charge in [0.2, 0.25) is 5.78 Å². The Bertz CT molecular complexity index is 1070. The lowest BCUT2D eigenvalue weighted by Gasteiger charge is -2.05. The van der Waals surface area contributed by atoms with Gasteiger partial charge in [-0.3, -0.25) is 9.59 Å². The van der Waals surface area contributed by atoms with Gasteiger partial charge in [-0.15, -0.1) is 0 Å². The fourth-order valence-electron chi connectivity index (χ4n) is 2.69. The van der Waals surface area contributed by atoms with E-state index < -0.39 is 0 Å². The molecule has 0 radical (unpaired) electrons. The first-order chi connectivity index (χ1) is 13.5. The summed E-state index contributed by atoms with van der Waals surface area (Å²) >= 11 is 1.12. The number of carbonyl (C=O) groups excluding carboxylic acids is 2. The number of nitriles is 1. The molecule has 0 spiro atoms. The summed E-state index contributed by atoms with van der Waals surface area (Å²) in [5, 5.41) is 9.39. The van der Waals surface area contributed by atoms with E-state index in [4.69, 9.17) is 15.7 Å². The second-order valence-electron chi connectivity index (χ2n) is 6.04. The fraction of sp³-hybridized carbons (Fsp3) is 0.143. The highest BCUT2D eigenvalue weighted by atomic mass is 32.1. The van der Waals surface area contributed by atoms with Crippen molar-refractivity contribution in [2.24, 2.45) is 0 Å². The summed E-state index contributed by atoms with van der Waals surface area (Å²) in [5.41, 5.74) is 8.96. The lowest BCUT2D eigenvalue weighted by molar-refractivity contribution is -0.140. The fourth-order valence-corrected chi connectivity index (χ4v) is 3.51. The Hall–Kier alpha value is -3.50. The van der Waals surface area contributed by atoms with Gasteiger partial charge in [0.05, 0.1) is 23.9 Å². The van der Waals surface area contributed by atoms with Crippen LogP contribution in [0.1, 0.15) is 33.3 Å². The first-order valence-corrected chi connectivity index (χ1v) is 9.33. The number of hydrogen-bond acceptors (Lipinski definition) is 7. The molecule has 0 aliphatic heterocycles. The van der Waals surface area contributed by atoms with Gasteiger partial charge in [0.15, 0.2) is 5.13 Å². The van der Waals surface area contributed by atoms with Crippen molar-refractivity contribution in [3.8, 4) is 17.3 Å². The molecule has 0 bridgehead atoms. The third-order valence-corrected chi connectivity index (χ3v) is 4.91. The Kier molecular flexibility index (Phi) is 5.82. The van der Waals surface area contributed by atoms with E-state index in [0.29, 0.717) is 45.4 Å². The topological polar surface area (TPSA) is 106 Å². The Balaban J connectivity index is 1.85. The zero-order valence-corrected chi connectivity index (χ0v) is 16.0. The van der Waals surface area contributed by atoms with Gasteiger partial charge in [0.1, 0.15) is 4.88 Å². The summed E-state index contributed by atoms with van der Waals surface area (Å²) in [4.78, 5) is 28.6. The van der Waals surface area contributed by atoms with Crippen molar-refractivity contribution < 1.29 is 14.3 Å². The minimum absolute atomic E-state index is 0.182. The van der Waals surface area contributed by atoms with Gasteiger partial charge >= 0.3 is 5.97 Å². The van der Waals surface area contributed by atoms with Crippen LogP contribution in [-0.4, -0.2) is 23.3 Å². The van der Waals surface area contributed by atoms with E-state index in [-0.39, 0.29) is 11.8 Å². The van der Waals surface area contributed by atoms with Crippen molar-refractivity contribution in [2.45, 2.75) is 13.3 Å². The molecule has 0 fully saturated rings. The van der Waals surface area contributed by atoms with Crippen molar-refractivity contribution >= 4 is 28.2 Å². The molecule has 140 valence electrons. The molecule has 3 rings (SSSR count). The van der Waals surface area contributed by atoms with Crippen LogP contribution in [-0.2, 0) is 16.0 Å². The van der Waals surface area contributed by atoms with Gasteiger partial charge in [-0.25, -0.2) is 4.98 Å². The first kappa shape index (κ1) is 19.3. The molecule has 0 atom stereocenters. The molecule has 2 aromatic carbocycles. The molecule has 28 heavy (non-hydrogen) atoms. The standard InChI is InChI=1S/C21H17N3O3S/c1-13(25)27-10-9-14-5-7-16(8-6-14)19(26)20-18(24-21(23)28-20)17-4-2-3-15(11-17)12-22/h2-8,11H,9-10H2,1H3,(H2,23,24). The van der Waals surface area contributed by atoms with Crippen LogP contribution in [0.2, 0.25) is 0 Å². The monoisotopic (exact) mass is 391 g/mol. The summed E-state index contributed by atoms with van der Waals surface area (Å²) in [6, 6.07) is 16.1. The number of nitrogens with zero attached hydrogens (tertiary/aromatic N) is 2. The van der Waals surface area contributed by atoms with Crippen LogP contribution in [0.5, 0.6) is 0 Å². The largest absolute Gasteiger partial charge is 0.466 e. The third kappa shape index (κ3) is 4.42. The average Bonchev–Trinajstić information content (AvgIpc) is 3.09. The van der Waals surface area contributed by atoms with E-state index in [2.05, 4.69) is 11.1 Å². The molecule has 0 unspecified atom stereocenters. The minimum Gasteiger partial charge on any atom is -0.466 e. The van der Waals surface area contributed by atoms with Gasteiger partial charge in [-0.05, 0) is 17.7 Å². The summed E-state index contributed by atoms with van der Waals surface area (Å²) < 4.78 is 4.93. The molecule has 2 N–H and O–H groups in total.